The summed E-state index contributed by atoms with van der Waals surface area (Å²) in [5.74, 6) is 0. The van der Waals surface area contributed by atoms with Crippen molar-refractivity contribution in [3.63, 3.8) is 0 Å². The van der Waals surface area contributed by atoms with Crippen LogP contribution in [-0.2, 0) is 50.1 Å². The monoisotopic (exact) mass is 357 g/mol. The van der Waals surface area contributed by atoms with Crippen LogP contribution in [0.3, 0.4) is 0 Å². The predicted molar refractivity (Wildman–Crippen MR) is 68.7 cm³/mol. The van der Waals surface area contributed by atoms with Crippen LogP contribution < -0.4 is 0 Å². The number of rotatable bonds is 5. The molecule has 16 heavy (non-hydrogen) atoms. The summed E-state index contributed by atoms with van der Waals surface area (Å²) in [7, 11) is 1.70. The molecule has 0 aromatic heterocycles. The molecule has 8 heteroatoms. The minimum atomic E-state index is -1.36. The van der Waals surface area contributed by atoms with E-state index in [1.165, 1.54) is 0 Å². The van der Waals surface area contributed by atoms with E-state index in [0.29, 0.717) is 0 Å². The molecule has 0 aromatic carbocycles. The Morgan fingerprint density at radius 3 is 1.12 bits per heavy atom. The molecular weight excluding hydrogens is 333 g/mol. The number of hydrogen-bond acceptors (Lipinski definition) is 4. The maximum Gasteiger partial charge on any atom is 0.576 e. The van der Waals surface area contributed by atoms with Gasteiger partial charge in [0.25, 0.3) is 0 Å². The summed E-state index contributed by atoms with van der Waals surface area (Å²) >= 11 is 0. The van der Waals surface area contributed by atoms with E-state index in [1.807, 2.05) is 0 Å². The van der Waals surface area contributed by atoms with Gasteiger partial charge >= 0.3 is 9.53 Å². The molecule has 0 unspecified atom stereocenters. The minimum absolute atomic E-state index is 0. The van der Waals surface area contributed by atoms with E-state index in [1.54, 1.807) is 21.3 Å². The van der Waals surface area contributed by atoms with E-state index in [0.717, 1.165) is 0 Å². The fraction of sp³-hybridized carbons (Fsp3) is 1.00. The molecule has 4 nitrogen and oxygen atoms in total. The molecule has 3 radical (unpaired) electrons. The third-order valence-electron chi connectivity index (χ3n) is 1.01. The van der Waals surface area contributed by atoms with E-state index in [9.17, 15) is 0 Å². The van der Waals surface area contributed by atoms with Gasteiger partial charge in [-0.3, -0.25) is 0 Å². The average molecular weight is 357 g/mol. The van der Waals surface area contributed by atoms with Crippen molar-refractivity contribution in [1.82, 2.24) is 0 Å². The van der Waals surface area contributed by atoms with Gasteiger partial charge in [-0.05, 0) is 32.7 Å². The Kier molecular flexibility index (Phi) is 18.5. The molecule has 0 bridgehead atoms. The first-order valence-corrected chi connectivity index (χ1v) is 11.8. The van der Waals surface area contributed by atoms with Crippen molar-refractivity contribution in [2.24, 2.45) is 0 Å². The second kappa shape index (κ2) is 13.0. The summed E-state index contributed by atoms with van der Waals surface area (Å²) in [4.78, 5) is 0. The Morgan fingerprint density at radius 2 is 1.12 bits per heavy atom. The van der Waals surface area contributed by atoms with Crippen LogP contribution in [0.15, 0.2) is 0 Å². The van der Waals surface area contributed by atoms with Gasteiger partial charge in [-0.2, -0.15) is 0 Å². The van der Waals surface area contributed by atoms with Gasteiger partial charge in [-0.1, -0.05) is 0 Å². The summed E-state index contributed by atoms with van der Waals surface area (Å²) < 4.78 is 19.8. The topological polar surface area (TPSA) is 36.9 Å². The summed E-state index contributed by atoms with van der Waals surface area (Å²) in [5.41, 5.74) is 0. The molecule has 0 heterocycles. The maximum absolute atomic E-state index is 5.68. The van der Waals surface area contributed by atoms with Crippen molar-refractivity contribution >= 4 is 26.9 Å². The van der Waals surface area contributed by atoms with E-state index >= 15 is 0 Å². The van der Waals surface area contributed by atoms with Crippen molar-refractivity contribution in [2.45, 2.75) is 32.7 Å². The summed E-state index contributed by atoms with van der Waals surface area (Å²) in [5, 5.41) is 0. The zero-order chi connectivity index (χ0) is 12.5. The SMILES string of the molecule is CO[Si](OC)OC.C[Si](C)O[Si](C)(C)C.[Y]. The zero-order valence-corrected chi connectivity index (χ0v) is 17.5. The first-order chi connectivity index (χ1) is 6.76. The van der Waals surface area contributed by atoms with E-state index < -0.39 is 26.9 Å². The molecule has 0 aliphatic carbocycles. The Labute approximate surface area is 130 Å². The van der Waals surface area contributed by atoms with Gasteiger partial charge in [0.05, 0.1) is 0 Å². The molecule has 0 spiro atoms. The van der Waals surface area contributed by atoms with Gasteiger partial charge < -0.3 is 17.4 Å². The first-order valence-electron chi connectivity index (χ1n) is 4.75. The van der Waals surface area contributed by atoms with Crippen LogP contribution in [0, 0.1) is 0 Å². The molecule has 0 N–H and O–H groups in total. The Morgan fingerprint density at radius 1 is 0.812 bits per heavy atom. The van der Waals surface area contributed by atoms with Gasteiger partial charge in [0, 0.05) is 54.0 Å². The largest absolute Gasteiger partial charge is 0.576 e. The Balaban J connectivity index is -0.000000200. The van der Waals surface area contributed by atoms with Crippen LogP contribution in [0.5, 0.6) is 0 Å². The first kappa shape index (κ1) is 22.7. The molecule has 0 aromatic rings. The third-order valence-corrected chi connectivity index (χ3v) is 6.09. The smallest absolute Gasteiger partial charge is 0.456 e. The molecule has 0 fully saturated rings. The van der Waals surface area contributed by atoms with Crippen LogP contribution in [0.25, 0.3) is 0 Å². The van der Waals surface area contributed by atoms with Gasteiger partial charge in [0.2, 0.25) is 0 Å². The van der Waals surface area contributed by atoms with Crippen molar-refractivity contribution in [3.05, 3.63) is 0 Å². The zero-order valence-electron chi connectivity index (χ0n) is 11.7. The third kappa shape index (κ3) is 20.9. The molecule has 0 saturated heterocycles. The molecular formula is C8H24O4Si3Y. The van der Waals surface area contributed by atoms with Gasteiger partial charge in [-0.15, -0.1) is 0 Å². The molecule has 0 saturated carbocycles. The predicted octanol–water partition coefficient (Wildman–Crippen LogP) is 2.00. The number of hydrogen-bond donors (Lipinski definition) is 0. The standard InChI is InChI=1S/C5H15OSi2.C3H9O3Si.Y/c1-7(2)6-8(3,4)5;1-4-7(5-2)6-3;/h1-5H3;1-3H3;. The van der Waals surface area contributed by atoms with Crippen LogP contribution in [0.1, 0.15) is 0 Å². The van der Waals surface area contributed by atoms with Crippen molar-refractivity contribution in [1.29, 1.82) is 0 Å². The molecule has 0 amide bonds. The van der Waals surface area contributed by atoms with Crippen LogP contribution in [-0.4, -0.2) is 48.2 Å². The van der Waals surface area contributed by atoms with Gasteiger partial charge in [-0.25, -0.2) is 0 Å². The molecule has 95 valence electrons. The van der Waals surface area contributed by atoms with Crippen LogP contribution >= 0.6 is 0 Å². The molecule has 0 aliphatic rings. The second-order valence-electron chi connectivity index (χ2n) is 3.99. The van der Waals surface area contributed by atoms with Crippen molar-refractivity contribution in [3.8, 4) is 0 Å². The summed E-state index contributed by atoms with van der Waals surface area (Å²) in [6.07, 6.45) is 0. The van der Waals surface area contributed by atoms with Crippen LogP contribution in [0.4, 0.5) is 0 Å². The normalized spacial score (nSPS) is 10.9. The molecule has 0 rings (SSSR count). The minimum Gasteiger partial charge on any atom is -0.456 e. The Hall–Kier alpha value is 1.59. The van der Waals surface area contributed by atoms with E-state index in [-0.39, 0.29) is 32.7 Å². The average Bonchev–Trinajstić information content (AvgIpc) is 2.03. The molecule has 0 aliphatic heterocycles. The van der Waals surface area contributed by atoms with Gasteiger partial charge in [0.1, 0.15) is 0 Å². The van der Waals surface area contributed by atoms with E-state index in [4.69, 9.17) is 17.4 Å². The quantitative estimate of drug-likeness (QED) is 0.706. The van der Waals surface area contributed by atoms with E-state index in [2.05, 4.69) is 32.7 Å². The fourth-order valence-electron chi connectivity index (χ4n) is 0.862. The fourth-order valence-corrected chi connectivity index (χ4v) is 6.26. The summed E-state index contributed by atoms with van der Waals surface area (Å²) in [6.45, 7) is 11.0. The Bertz CT molecular complexity index is 134. The second-order valence-corrected chi connectivity index (χ2v) is 12.6. The maximum atomic E-state index is 5.68. The van der Waals surface area contributed by atoms with Crippen molar-refractivity contribution in [2.75, 3.05) is 21.3 Å². The van der Waals surface area contributed by atoms with Crippen LogP contribution in [0.2, 0.25) is 32.7 Å². The molecule has 0 atom stereocenters. The van der Waals surface area contributed by atoms with Crippen molar-refractivity contribution < 1.29 is 50.1 Å². The summed E-state index contributed by atoms with van der Waals surface area (Å²) in [6, 6.07) is 0. The van der Waals surface area contributed by atoms with Gasteiger partial charge in [0.15, 0.2) is 17.4 Å².